The molecule has 2 heterocycles. The van der Waals surface area contributed by atoms with Crippen LogP contribution in [-0.4, -0.2) is 56.7 Å². The number of benzene rings is 3. The number of hydrogen-bond donors (Lipinski definition) is 2. The Bertz CT molecular complexity index is 2150. The molecule has 3 aromatic rings. The van der Waals surface area contributed by atoms with Gasteiger partial charge in [-0.25, -0.2) is 31.6 Å². The number of phenolic OH excluding ortho intramolecular Hbond substituents is 1. The van der Waals surface area contributed by atoms with Crippen LogP contribution < -0.4 is 14.5 Å². The number of carbonyl (C=O) groups excluding carboxylic acids is 4. The first kappa shape index (κ1) is 34.4. The number of methoxy groups -OCH3 is 1. The molecular formula is C34H21Cl2F5N2O8. The molecule has 51 heavy (non-hydrogen) atoms. The number of carbonyl (C=O) groups is 5. The van der Waals surface area contributed by atoms with Gasteiger partial charge in [0.05, 0.1) is 30.2 Å². The van der Waals surface area contributed by atoms with Crippen molar-refractivity contribution in [1.82, 2.24) is 0 Å². The Kier molecular flexibility index (Phi) is 7.76. The molecule has 0 bridgehead atoms. The van der Waals surface area contributed by atoms with Crippen LogP contribution in [0.4, 0.5) is 33.3 Å². The molecule has 4 amide bonds. The summed E-state index contributed by atoms with van der Waals surface area (Å²) in [6, 6.07) is 8.71. The first-order valence-electron chi connectivity index (χ1n) is 15.1. The maximum atomic E-state index is 15.2. The van der Waals surface area contributed by atoms with Crippen LogP contribution in [-0.2, 0) is 19.2 Å². The number of aromatic carboxylic acids is 1. The SMILES string of the molecule is COc1ccc(C2C3=CCC4C(=O)N(c5cccc(C(=O)O)c5)C(=O)C4C3CC3(Cl)C(=O)N(c4c(F)c(F)c(F)c(F)c4F)C(=O)C23Cl)c(O)c1. The van der Waals surface area contributed by atoms with E-state index in [9.17, 15) is 47.4 Å². The Balaban J connectivity index is 1.43. The minimum absolute atomic E-state index is 0.0714. The van der Waals surface area contributed by atoms with E-state index in [1.807, 2.05) is 0 Å². The molecule has 2 saturated heterocycles. The summed E-state index contributed by atoms with van der Waals surface area (Å²) in [6.45, 7) is 0. The van der Waals surface area contributed by atoms with Gasteiger partial charge in [-0.05, 0) is 43.0 Å². The fraction of sp³-hybridized carbons (Fsp3) is 0.265. The fourth-order valence-electron chi connectivity index (χ4n) is 7.84. The monoisotopic (exact) mass is 750 g/mol. The van der Waals surface area contributed by atoms with Crippen molar-refractivity contribution in [2.24, 2.45) is 17.8 Å². The molecule has 0 aromatic heterocycles. The zero-order valence-electron chi connectivity index (χ0n) is 25.7. The van der Waals surface area contributed by atoms with Crippen molar-refractivity contribution in [1.29, 1.82) is 0 Å². The summed E-state index contributed by atoms with van der Waals surface area (Å²) < 4.78 is 78.4. The largest absolute Gasteiger partial charge is 0.508 e. The highest BCUT2D eigenvalue weighted by molar-refractivity contribution is 6.58. The molecule has 6 unspecified atom stereocenters. The average Bonchev–Trinajstić information content (AvgIpc) is 3.44. The second-order valence-corrected chi connectivity index (χ2v) is 13.7. The third kappa shape index (κ3) is 4.43. The van der Waals surface area contributed by atoms with E-state index in [-0.39, 0.29) is 39.5 Å². The first-order chi connectivity index (χ1) is 24.0. The number of imide groups is 2. The van der Waals surface area contributed by atoms with E-state index in [0.29, 0.717) is 0 Å². The summed E-state index contributed by atoms with van der Waals surface area (Å²) in [4.78, 5) is 63.1. The smallest absolute Gasteiger partial charge is 0.335 e. The van der Waals surface area contributed by atoms with Crippen molar-refractivity contribution in [3.63, 3.8) is 0 Å². The normalized spacial score (nSPS) is 28.4. The average molecular weight is 751 g/mol. The summed E-state index contributed by atoms with van der Waals surface area (Å²) in [5, 5.41) is 20.7. The Morgan fingerprint density at radius 3 is 2.12 bits per heavy atom. The van der Waals surface area contributed by atoms with E-state index >= 15 is 8.78 Å². The molecule has 264 valence electrons. The van der Waals surface area contributed by atoms with Crippen LogP contribution in [0, 0.1) is 46.8 Å². The van der Waals surface area contributed by atoms with Crippen molar-refractivity contribution in [2.75, 3.05) is 16.9 Å². The van der Waals surface area contributed by atoms with Gasteiger partial charge in [0.15, 0.2) is 33.0 Å². The molecule has 2 aliphatic carbocycles. The highest BCUT2D eigenvalue weighted by atomic mass is 35.5. The van der Waals surface area contributed by atoms with Gasteiger partial charge in [0, 0.05) is 17.5 Å². The topological polar surface area (TPSA) is 142 Å². The molecule has 3 fully saturated rings. The number of nitrogens with zero attached hydrogens (tertiary/aromatic N) is 2. The van der Waals surface area contributed by atoms with E-state index < -0.39 is 110 Å². The van der Waals surface area contributed by atoms with Gasteiger partial charge in [0.25, 0.3) is 11.8 Å². The molecule has 17 heteroatoms. The van der Waals surface area contributed by atoms with Gasteiger partial charge in [-0.15, -0.1) is 23.2 Å². The fourth-order valence-corrected chi connectivity index (χ4v) is 8.77. The number of fused-ring (bicyclic) bond motifs is 4. The van der Waals surface area contributed by atoms with E-state index in [1.165, 1.54) is 43.5 Å². The highest BCUT2D eigenvalue weighted by Crippen LogP contribution is 2.67. The van der Waals surface area contributed by atoms with Crippen molar-refractivity contribution in [3.05, 3.63) is 94.3 Å². The lowest BCUT2D eigenvalue weighted by Gasteiger charge is -2.50. The van der Waals surface area contributed by atoms with Crippen LogP contribution in [0.3, 0.4) is 0 Å². The number of alkyl halides is 2. The minimum Gasteiger partial charge on any atom is -0.508 e. The van der Waals surface area contributed by atoms with Crippen LogP contribution in [0.2, 0.25) is 0 Å². The van der Waals surface area contributed by atoms with Gasteiger partial charge in [0.1, 0.15) is 17.2 Å². The summed E-state index contributed by atoms with van der Waals surface area (Å²) in [5.41, 5.74) is -2.30. The van der Waals surface area contributed by atoms with Gasteiger partial charge in [-0.1, -0.05) is 23.8 Å². The van der Waals surface area contributed by atoms with Crippen molar-refractivity contribution < 1.29 is 60.9 Å². The van der Waals surface area contributed by atoms with Crippen molar-refractivity contribution in [3.8, 4) is 11.5 Å². The van der Waals surface area contributed by atoms with Gasteiger partial charge in [0.2, 0.25) is 17.6 Å². The van der Waals surface area contributed by atoms with Gasteiger partial charge in [-0.3, -0.25) is 24.1 Å². The first-order valence-corrected chi connectivity index (χ1v) is 15.8. The Morgan fingerprint density at radius 1 is 0.863 bits per heavy atom. The minimum atomic E-state index is -2.83. The lowest BCUT2D eigenvalue weighted by atomic mass is 9.56. The standard InChI is InChI=1S/C34H21Cl2F5N2O8/c1-51-14-5-6-16(19(44)10-14)21-15-7-8-17-20(29(46)42(28(17)45)13-4-2-3-12(9-13)30(47)48)18(15)11-33(35)31(49)43(32(50)34(21,33)36)27-25(40)23(38)22(37)24(39)26(27)41/h2-7,9-10,17-18,20-21,44H,8,11H2,1H3,(H,47,48). The number of allylic oxidation sites excluding steroid dienone is 2. The van der Waals surface area contributed by atoms with Crippen LogP contribution >= 0.6 is 23.2 Å². The number of hydrogen-bond acceptors (Lipinski definition) is 7. The molecule has 10 nitrogen and oxygen atoms in total. The number of ether oxygens (including phenoxy) is 1. The molecule has 6 atom stereocenters. The van der Waals surface area contributed by atoms with Gasteiger partial charge >= 0.3 is 5.97 Å². The lowest BCUT2D eigenvalue weighted by Crippen LogP contribution is -2.60. The number of halogens is 7. The predicted molar refractivity (Wildman–Crippen MR) is 167 cm³/mol. The number of rotatable bonds is 5. The number of phenols is 1. The molecule has 0 radical (unpaired) electrons. The number of anilines is 2. The van der Waals surface area contributed by atoms with Gasteiger partial charge < -0.3 is 14.9 Å². The van der Waals surface area contributed by atoms with Crippen LogP contribution in [0.15, 0.2) is 54.1 Å². The predicted octanol–water partition coefficient (Wildman–Crippen LogP) is 5.56. The maximum absolute atomic E-state index is 15.2. The second kappa shape index (κ2) is 11.5. The molecular weight excluding hydrogens is 730 g/mol. The number of carboxylic acid groups (broad SMARTS) is 1. The Hall–Kier alpha value is -5.02. The van der Waals surface area contributed by atoms with Crippen molar-refractivity contribution in [2.45, 2.75) is 28.5 Å². The maximum Gasteiger partial charge on any atom is 0.335 e. The van der Waals surface area contributed by atoms with E-state index in [0.717, 1.165) is 17.0 Å². The Morgan fingerprint density at radius 2 is 1.51 bits per heavy atom. The zero-order chi connectivity index (χ0) is 37.1. The molecule has 0 spiro atoms. The molecule has 2 aliphatic heterocycles. The third-order valence-corrected chi connectivity index (χ3v) is 11.5. The third-order valence-electron chi connectivity index (χ3n) is 10.1. The van der Waals surface area contributed by atoms with E-state index in [2.05, 4.69) is 0 Å². The van der Waals surface area contributed by atoms with Crippen molar-refractivity contribution >= 4 is 64.2 Å². The summed E-state index contributed by atoms with van der Waals surface area (Å²) in [6.07, 6.45) is 0.550. The van der Waals surface area contributed by atoms with Crippen LogP contribution in [0.1, 0.15) is 34.7 Å². The summed E-state index contributed by atoms with van der Waals surface area (Å²) >= 11 is 14.1. The second-order valence-electron chi connectivity index (χ2n) is 12.5. The summed E-state index contributed by atoms with van der Waals surface area (Å²) in [5.74, 6) is -24.6. The lowest BCUT2D eigenvalue weighted by molar-refractivity contribution is -0.125. The number of aromatic hydroxyl groups is 1. The van der Waals surface area contributed by atoms with E-state index in [4.69, 9.17) is 27.9 Å². The van der Waals surface area contributed by atoms with Crippen LogP contribution in [0.5, 0.6) is 11.5 Å². The number of carboxylic acids is 1. The quantitative estimate of drug-likeness (QED) is 0.0863. The molecule has 2 N–H and O–H groups in total. The number of amides is 4. The molecule has 7 rings (SSSR count). The zero-order valence-corrected chi connectivity index (χ0v) is 27.2. The summed E-state index contributed by atoms with van der Waals surface area (Å²) in [7, 11) is 1.28. The highest BCUT2D eigenvalue weighted by Gasteiger charge is 2.77. The Labute approximate surface area is 293 Å². The molecule has 1 saturated carbocycles. The van der Waals surface area contributed by atoms with E-state index in [1.54, 1.807) is 0 Å². The van der Waals surface area contributed by atoms with Gasteiger partial charge in [-0.2, -0.15) is 0 Å². The molecule has 3 aromatic carbocycles. The molecule has 4 aliphatic rings. The van der Waals surface area contributed by atoms with Crippen LogP contribution in [0.25, 0.3) is 0 Å².